The van der Waals surface area contributed by atoms with Crippen molar-refractivity contribution in [3.8, 4) is 5.75 Å². The highest BCUT2D eigenvalue weighted by atomic mass is 16.5. The predicted molar refractivity (Wildman–Crippen MR) is 131 cm³/mol. The van der Waals surface area contributed by atoms with Crippen LogP contribution in [-0.4, -0.2) is 47.6 Å². The molecule has 1 amide bonds. The molecule has 0 spiro atoms. The van der Waals surface area contributed by atoms with Crippen molar-refractivity contribution in [2.75, 3.05) is 25.0 Å². The molecule has 6 heteroatoms. The standard InChI is InChI=1S/C27H36N2O4/c1-19(2)21-13-11-20(12-14-21)17-28(5)25(30)22-8-7-15-29(18-22)23-9-6-10-24(16-23)33-27(3,4)26(31)32/h6,9-14,16,19,22H,7-8,15,17-18H2,1-5H3,(H,31,32). The summed E-state index contributed by atoms with van der Waals surface area (Å²) in [4.78, 5) is 28.6. The molecule has 1 atom stereocenters. The largest absolute Gasteiger partial charge is 0.478 e. The molecule has 1 N–H and O–H groups in total. The number of aliphatic carboxylic acids is 1. The van der Waals surface area contributed by atoms with E-state index in [0.717, 1.165) is 30.6 Å². The second-order valence-electron chi connectivity index (χ2n) is 9.79. The molecule has 1 heterocycles. The highest BCUT2D eigenvalue weighted by Crippen LogP contribution is 2.29. The number of carboxylic acid groups (broad SMARTS) is 1. The van der Waals surface area contributed by atoms with E-state index in [1.165, 1.54) is 19.4 Å². The number of carbonyl (C=O) groups excluding carboxylic acids is 1. The van der Waals surface area contributed by atoms with Gasteiger partial charge in [-0.05, 0) is 55.9 Å². The summed E-state index contributed by atoms with van der Waals surface area (Å²) in [6.07, 6.45) is 1.80. The molecule has 33 heavy (non-hydrogen) atoms. The summed E-state index contributed by atoms with van der Waals surface area (Å²) in [6, 6.07) is 16.0. The smallest absolute Gasteiger partial charge is 0.347 e. The van der Waals surface area contributed by atoms with E-state index in [0.29, 0.717) is 24.8 Å². The second-order valence-corrected chi connectivity index (χ2v) is 9.79. The van der Waals surface area contributed by atoms with Crippen LogP contribution in [0.25, 0.3) is 0 Å². The van der Waals surface area contributed by atoms with Crippen LogP contribution < -0.4 is 9.64 Å². The first-order valence-corrected chi connectivity index (χ1v) is 11.7. The third-order valence-electron chi connectivity index (χ3n) is 6.28. The zero-order valence-corrected chi connectivity index (χ0v) is 20.4. The van der Waals surface area contributed by atoms with Crippen molar-refractivity contribution >= 4 is 17.6 Å². The quantitative estimate of drug-likeness (QED) is 0.615. The normalized spacial score (nSPS) is 16.5. The summed E-state index contributed by atoms with van der Waals surface area (Å²) < 4.78 is 5.70. The van der Waals surface area contributed by atoms with Gasteiger partial charge in [-0.25, -0.2) is 4.79 Å². The molecular formula is C27H36N2O4. The first kappa shape index (κ1) is 24.6. The number of carbonyl (C=O) groups is 2. The number of benzene rings is 2. The van der Waals surface area contributed by atoms with Gasteiger partial charge in [-0.3, -0.25) is 4.79 Å². The maximum absolute atomic E-state index is 13.2. The molecule has 0 radical (unpaired) electrons. The number of hydrogen-bond donors (Lipinski definition) is 1. The minimum atomic E-state index is -1.31. The Morgan fingerprint density at radius 2 is 1.88 bits per heavy atom. The van der Waals surface area contributed by atoms with Crippen LogP contribution >= 0.6 is 0 Å². The van der Waals surface area contributed by atoms with Crippen molar-refractivity contribution in [3.05, 3.63) is 59.7 Å². The zero-order chi connectivity index (χ0) is 24.2. The fourth-order valence-corrected chi connectivity index (χ4v) is 4.17. The van der Waals surface area contributed by atoms with Crippen molar-refractivity contribution in [2.24, 2.45) is 5.92 Å². The molecule has 1 saturated heterocycles. The van der Waals surface area contributed by atoms with E-state index in [1.54, 1.807) is 6.07 Å². The molecule has 0 bridgehead atoms. The number of anilines is 1. The molecule has 2 aromatic carbocycles. The molecule has 0 aliphatic carbocycles. The molecule has 3 rings (SSSR count). The Morgan fingerprint density at radius 3 is 2.52 bits per heavy atom. The SMILES string of the molecule is CC(C)c1ccc(CN(C)C(=O)C2CCCN(c3cccc(OC(C)(C)C(=O)O)c3)C2)cc1. The lowest BCUT2D eigenvalue weighted by molar-refractivity contribution is -0.152. The molecule has 1 aliphatic heterocycles. The van der Waals surface area contributed by atoms with Gasteiger partial charge in [0.2, 0.25) is 5.91 Å². The molecule has 6 nitrogen and oxygen atoms in total. The first-order valence-electron chi connectivity index (χ1n) is 11.7. The van der Waals surface area contributed by atoms with Crippen LogP contribution in [-0.2, 0) is 16.1 Å². The number of piperidine rings is 1. The zero-order valence-electron chi connectivity index (χ0n) is 20.4. The number of carboxylic acids is 1. The molecule has 178 valence electrons. The molecular weight excluding hydrogens is 416 g/mol. The van der Waals surface area contributed by atoms with Gasteiger partial charge in [-0.15, -0.1) is 0 Å². The van der Waals surface area contributed by atoms with Gasteiger partial charge in [-0.2, -0.15) is 0 Å². The molecule has 1 aliphatic rings. The third kappa shape index (κ3) is 6.28. The van der Waals surface area contributed by atoms with Crippen LogP contribution in [0, 0.1) is 5.92 Å². The lowest BCUT2D eigenvalue weighted by Gasteiger charge is -2.35. The van der Waals surface area contributed by atoms with E-state index in [-0.39, 0.29) is 11.8 Å². The monoisotopic (exact) mass is 452 g/mol. The number of rotatable bonds is 8. The Balaban J connectivity index is 1.64. The highest BCUT2D eigenvalue weighted by Gasteiger charge is 2.31. The van der Waals surface area contributed by atoms with Crippen molar-refractivity contribution in [3.63, 3.8) is 0 Å². The van der Waals surface area contributed by atoms with E-state index in [1.807, 2.05) is 30.1 Å². The summed E-state index contributed by atoms with van der Waals surface area (Å²) in [5.74, 6) is 0.0743. The van der Waals surface area contributed by atoms with E-state index >= 15 is 0 Å². The van der Waals surface area contributed by atoms with Gasteiger partial charge in [0.25, 0.3) is 0 Å². The average Bonchev–Trinajstić information content (AvgIpc) is 2.78. The lowest BCUT2D eigenvalue weighted by Crippen LogP contribution is -2.43. The lowest BCUT2D eigenvalue weighted by atomic mass is 9.95. The van der Waals surface area contributed by atoms with Crippen LogP contribution in [0.5, 0.6) is 5.75 Å². The van der Waals surface area contributed by atoms with Crippen molar-refractivity contribution in [1.29, 1.82) is 0 Å². The number of nitrogens with zero attached hydrogens (tertiary/aromatic N) is 2. The van der Waals surface area contributed by atoms with Crippen molar-refractivity contribution < 1.29 is 19.4 Å². The Morgan fingerprint density at radius 1 is 1.18 bits per heavy atom. The maximum Gasteiger partial charge on any atom is 0.347 e. The molecule has 1 fully saturated rings. The number of ether oxygens (including phenoxy) is 1. The fourth-order valence-electron chi connectivity index (χ4n) is 4.17. The van der Waals surface area contributed by atoms with Gasteiger partial charge in [0.1, 0.15) is 5.75 Å². The number of amides is 1. The van der Waals surface area contributed by atoms with Crippen molar-refractivity contribution in [1.82, 2.24) is 4.90 Å². The summed E-state index contributed by atoms with van der Waals surface area (Å²) in [7, 11) is 1.88. The topological polar surface area (TPSA) is 70.1 Å². The Kier molecular flexibility index (Phi) is 7.67. The van der Waals surface area contributed by atoms with Crippen LogP contribution in [0.4, 0.5) is 5.69 Å². The van der Waals surface area contributed by atoms with Gasteiger partial charge < -0.3 is 19.6 Å². The third-order valence-corrected chi connectivity index (χ3v) is 6.28. The van der Waals surface area contributed by atoms with Gasteiger partial charge in [0, 0.05) is 38.4 Å². The summed E-state index contributed by atoms with van der Waals surface area (Å²) in [5, 5.41) is 9.33. The Hall–Kier alpha value is -3.02. The maximum atomic E-state index is 13.2. The average molecular weight is 453 g/mol. The van der Waals surface area contributed by atoms with Gasteiger partial charge in [-0.1, -0.05) is 44.2 Å². The van der Waals surface area contributed by atoms with Gasteiger partial charge in [0.15, 0.2) is 5.60 Å². The second kappa shape index (κ2) is 10.3. The fraction of sp³-hybridized carbons (Fsp3) is 0.481. The van der Waals surface area contributed by atoms with Crippen LogP contribution in [0.2, 0.25) is 0 Å². The van der Waals surface area contributed by atoms with E-state index in [9.17, 15) is 14.7 Å². The minimum absolute atomic E-state index is 0.0706. The minimum Gasteiger partial charge on any atom is -0.478 e. The van der Waals surface area contributed by atoms with Gasteiger partial charge >= 0.3 is 5.97 Å². The highest BCUT2D eigenvalue weighted by molar-refractivity contribution is 5.79. The summed E-state index contributed by atoms with van der Waals surface area (Å²) in [6.45, 7) is 9.51. The summed E-state index contributed by atoms with van der Waals surface area (Å²) in [5.41, 5.74) is 2.07. The van der Waals surface area contributed by atoms with E-state index in [4.69, 9.17) is 4.74 Å². The van der Waals surface area contributed by atoms with E-state index < -0.39 is 11.6 Å². The molecule has 0 saturated carbocycles. The summed E-state index contributed by atoms with van der Waals surface area (Å²) >= 11 is 0. The van der Waals surface area contributed by atoms with Gasteiger partial charge in [0.05, 0.1) is 5.92 Å². The molecule has 1 unspecified atom stereocenters. The van der Waals surface area contributed by atoms with E-state index in [2.05, 4.69) is 43.0 Å². The van der Waals surface area contributed by atoms with Crippen LogP contribution in [0.1, 0.15) is 57.6 Å². The Labute approximate surface area is 197 Å². The Bertz CT molecular complexity index is 968. The predicted octanol–water partition coefficient (Wildman–Crippen LogP) is 4.93. The first-order chi connectivity index (χ1) is 15.6. The van der Waals surface area contributed by atoms with Crippen LogP contribution in [0.3, 0.4) is 0 Å². The van der Waals surface area contributed by atoms with Crippen LogP contribution in [0.15, 0.2) is 48.5 Å². The molecule has 2 aromatic rings. The van der Waals surface area contributed by atoms with Crippen molar-refractivity contribution in [2.45, 2.75) is 58.6 Å². The number of hydrogen-bond acceptors (Lipinski definition) is 4. The molecule has 0 aromatic heterocycles.